The van der Waals surface area contributed by atoms with Crippen LogP contribution in [0.1, 0.15) is 12.5 Å². The molecule has 0 unspecified atom stereocenters. The average molecular weight is 445 g/mol. The van der Waals surface area contributed by atoms with Crippen molar-refractivity contribution in [2.24, 2.45) is 0 Å². The summed E-state index contributed by atoms with van der Waals surface area (Å²) in [6, 6.07) is 15.2. The Balaban J connectivity index is 1.86. The first-order valence-corrected chi connectivity index (χ1v) is 11.2. The van der Waals surface area contributed by atoms with Gasteiger partial charge in [-0.25, -0.2) is 4.98 Å². The molecule has 29 heavy (non-hydrogen) atoms. The molecule has 0 aliphatic rings. The molecule has 0 bridgehead atoms. The Kier molecular flexibility index (Phi) is 5.89. The number of thiophene rings is 1. The highest BCUT2D eigenvalue weighted by Crippen LogP contribution is 2.32. The van der Waals surface area contributed by atoms with Gasteiger partial charge in [-0.1, -0.05) is 59.8 Å². The van der Waals surface area contributed by atoms with E-state index < -0.39 is 0 Å². The average Bonchev–Trinajstić information content (AvgIpc) is 3.09. The normalized spacial score (nSPS) is 11.2. The number of thioether (sulfide) groups is 1. The first-order valence-electron chi connectivity index (χ1n) is 9.02. The van der Waals surface area contributed by atoms with Crippen molar-refractivity contribution >= 4 is 61.0 Å². The van der Waals surface area contributed by atoms with E-state index in [1.165, 1.54) is 23.1 Å². The van der Waals surface area contributed by atoms with Crippen LogP contribution >= 0.6 is 34.7 Å². The molecule has 4 rings (SSSR count). The summed E-state index contributed by atoms with van der Waals surface area (Å²) in [6.45, 7) is 2.35. The fraction of sp³-hybridized carbons (Fsp3) is 0.190. The summed E-state index contributed by atoms with van der Waals surface area (Å²) in [5, 5.41) is 1.99. The van der Waals surface area contributed by atoms with Crippen molar-refractivity contribution < 1.29 is 9.53 Å². The summed E-state index contributed by atoms with van der Waals surface area (Å²) in [7, 11) is 0. The number of halogens is 1. The van der Waals surface area contributed by atoms with Crippen LogP contribution in [-0.2, 0) is 16.1 Å². The number of carbonyl (C=O) groups excluding carboxylic acids is 1. The number of hydrogen-bond donors (Lipinski definition) is 0. The molecular formula is C21H17ClN2O3S2. The number of fused-ring (bicyclic) bond motifs is 3. The Hall–Kier alpha value is -2.35. The summed E-state index contributed by atoms with van der Waals surface area (Å²) < 4.78 is 8.21. The van der Waals surface area contributed by atoms with Gasteiger partial charge in [-0.05, 0) is 24.6 Å². The number of ether oxygens (including phenoxy) is 1. The second-order valence-electron chi connectivity index (χ2n) is 6.25. The Morgan fingerprint density at radius 2 is 1.97 bits per heavy atom. The summed E-state index contributed by atoms with van der Waals surface area (Å²) in [5.74, 6) is -0.262. The molecule has 2 aromatic heterocycles. The van der Waals surface area contributed by atoms with E-state index in [9.17, 15) is 9.59 Å². The molecule has 4 aromatic rings. The fourth-order valence-electron chi connectivity index (χ4n) is 3.03. The zero-order valence-electron chi connectivity index (χ0n) is 15.6. The van der Waals surface area contributed by atoms with E-state index in [2.05, 4.69) is 0 Å². The van der Waals surface area contributed by atoms with Crippen LogP contribution in [0.2, 0.25) is 5.02 Å². The third-order valence-corrected chi connectivity index (χ3v) is 6.82. The Morgan fingerprint density at radius 3 is 2.76 bits per heavy atom. The molecule has 2 aromatic carbocycles. The van der Waals surface area contributed by atoms with E-state index in [4.69, 9.17) is 21.3 Å². The van der Waals surface area contributed by atoms with Gasteiger partial charge in [-0.15, -0.1) is 11.3 Å². The topological polar surface area (TPSA) is 61.2 Å². The van der Waals surface area contributed by atoms with Gasteiger partial charge in [0.15, 0.2) is 5.16 Å². The second kappa shape index (κ2) is 8.57. The van der Waals surface area contributed by atoms with Gasteiger partial charge in [-0.3, -0.25) is 14.2 Å². The number of esters is 1. The standard InChI is InChI=1S/C21H17ClN2O3S2/c1-2-27-17(25)12-28-21-23-18-14-8-4-6-10-16(14)29-19(18)20(26)24(21)11-13-7-3-5-9-15(13)22/h3-10H,2,11-12H2,1H3. The van der Waals surface area contributed by atoms with Crippen molar-refractivity contribution in [2.75, 3.05) is 12.4 Å². The van der Waals surface area contributed by atoms with Crippen molar-refractivity contribution in [1.29, 1.82) is 0 Å². The van der Waals surface area contributed by atoms with Gasteiger partial charge in [0.1, 0.15) is 4.70 Å². The van der Waals surface area contributed by atoms with Gasteiger partial charge in [0.25, 0.3) is 5.56 Å². The molecule has 0 saturated heterocycles. The Labute approximate surface area is 180 Å². The van der Waals surface area contributed by atoms with Crippen molar-refractivity contribution in [2.45, 2.75) is 18.6 Å². The van der Waals surface area contributed by atoms with Crippen LogP contribution < -0.4 is 5.56 Å². The molecule has 0 radical (unpaired) electrons. The molecule has 0 amide bonds. The second-order valence-corrected chi connectivity index (χ2v) is 8.65. The van der Waals surface area contributed by atoms with E-state index >= 15 is 0 Å². The molecular weight excluding hydrogens is 428 g/mol. The summed E-state index contributed by atoms with van der Waals surface area (Å²) in [4.78, 5) is 30.0. The van der Waals surface area contributed by atoms with Gasteiger partial charge in [0.2, 0.25) is 0 Å². The monoisotopic (exact) mass is 444 g/mol. The fourth-order valence-corrected chi connectivity index (χ4v) is 5.10. The lowest BCUT2D eigenvalue weighted by Gasteiger charge is -2.13. The maximum Gasteiger partial charge on any atom is 0.316 e. The highest BCUT2D eigenvalue weighted by Gasteiger charge is 2.18. The Morgan fingerprint density at radius 1 is 1.21 bits per heavy atom. The maximum atomic E-state index is 13.4. The van der Waals surface area contributed by atoms with Crippen LogP contribution in [-0.4, -0.2) is 27.9 Å². The molecule has 0 spiro atoms. The predicted molar refractivity (Wildman–Crippen MR) is 119 cm³/mol. The lowest BCUT2D eigenvalue weighted by atomic mass is 10.2. The van der Waals surface area contributed by atoms with Crippen molar-refractivity contribution in [3.63, 3.8) is 0 Å². The third kappa shape index (κ3) is 4.03. The van der Waals surface area contributed by atoms with Gasteiger partial charge in [0, 0.05) is 15.1 Å². The summed E-state index contributed by atoms with van der Waals surface area (Å²) >= 11 is 8.94. The lowest BCUT2D eigenvalue weighted by molar-refractivity contribution is -0.139. The van der Waals surface area contributed by atoms with E-state index in [1.54, 1.807) is 17.6 Å². The number of aromatic nitrogens is 2. The Bertz CT molecular complexity index is 1270. The molecule has 0 saturated carbocycles. The van der Waals surface area contributed by atoms with E-state index in [0.717, 1.165) is 15.6 Å². The van der Waals surface area contributed by atoms with E-state index in [1.807, 2.05) is 42.5 Å². The predicted octanol–water partition coefficient (Wildman–Crippen LogP) is 4.97. The zero-order chi connectivity index (χ0) is 20.4. The van der Waals surface area contributed by atoms with Crippen LogP contribution in [0.15, 0.2) is 58.5 Å². The highest BCUT2D eigenvalue weighted by molar-refractivity contribution is 7.99. The van der Waals surface area contributed by atoms with Gasteiger partial charge >= 0.3 is 5.97 Å². The minimum atomic E-state index is -0.341. The summed E-state index contributed by atoms with van der Waals surface area (Å²) in [5.41, 5.74) is 1.34. The molecule has 148 valence electrons. The maximum absolute atomic E-state index is 13.4. The van der Waals surface area contributed by atoms with Crippen LogP contribution in [0, 0.1) is 0 Å². The van der Waals surface area contributed by atoms with E-state index in [-0.39, 0.29) is 23.8 Å². The van der Waals surface area contributed by atoms with Crippen LogP contribution in [0.3, 0.4) is 0 Å². The van der Waals surface area contributed by atoms with Crippen molar-refractivity contribution in [3.8, 4) is 0 Å². The molecule has 0 aliphatic carbocycles. The molecule has 0 N–H and O–H groups in total. The minimum absolute atomic E-state index is 0.0797. The quantitative estimate of drug-likeness (QED) is 0.239. The highest BCUT2D eigenvalue weighted by atomic mass is 35.5. The van der Waals surface area contributed by atoms with Gasteiger partial charge in [-0.2, -0.15) is 0 Å². The molecule has 0 fully saturated rings. The van der Waals surface area contributed by atoms with Gasteiger partial charge < -0.3 is 4.74 Å². The van der Waals surface area contributed by atoms with E-state index in [0.29, 0.717) is 27.0 Å². The first-order chi connectivity index (χ1) is 14.1. The third-order valence-electron chi connectivity index (χ3n) is 4.36. The van der Waals surface area contributed by atoms with Gasteiger partial charge in [0.05, 0.1) is 24.4 Å². The molecule has 0 atom stereocenters. The number of hydrogen-bond acceptors (Lipinski definition) is 6. The van der Waals surface area contributed by atoms with Crippen LogP contribution in [0.4, 0.5) is 0 Å². The summed E-state index contributed by atoms with van der Waals surface area (Å²) in [6.07, 6.45) is 0. The lowest BCUT2D eigenvalue weighted by Crippen LogP contribution is -2.24. The largest absolute Gasteiger partial charge is 0.465 e. The van der Waals surface area contributed by atoms with Crippen LogP contribution in [0.25, 0.3) is 20.3 Å². The van der Waals surface area contributed by atoms with Crippen molar-refractivity contribution in [3.05, 3.63) is 69.5 Å². The molecule has 0 aliphatic heterocycles. The number of carbonyl (C=O) groups is 1. The minimum Gasteiger partial charge on any atom is -0.465 e. The zero-order valence-corrected chi connectivity index (χ0v) is 17.9. The van der Waals surface area contributed by atoms with Crippen molar-refractivity contribution in [1.82, 2.24) is 9.55 Å². The molecule has 8 heteroatoms. The SMILES string of the molecule is CCOC(=O)CSc1nc2c(sc3ccccc32)c(=O)n1Cc1ccccc1Cl. The smallest absolute Gasteiger partial charge is 0.316 e. The number of benzene rings is 2. The molecule has 2 heterocycles. The number of rotatable bonds is 6. The first kappa shape index (κ1) is 19.9. The number of nitrogens with zero attached hydrogens (tertiary/aromatic N) is 2. The van der Waals surface area contributed by atoms with Crippen LogP contribution in [0.5, 0.6) is 0 Å². The molecule has 5 nitrogen and oxygen atoms in total.